The Labute approximate surface area is 224 Å². The molecule has 1 heterocycles. The maximum atomic E-state index is 13.1. The third-order valence-electron chi connectivity index (χ3n) is 5.80. The molecule has 0 saturated carbocycles. The van der Waals surface area contributed by atoms with Crippen LogP contribution in [0.3, 0.4) is 0 Å². The van der Waals surface area contributed by atoms with E-state index < -0.39 is 48.3 Å². The van der Waals surface area contributed by atoms with Crippen LogP contribution in [0, 0.1) is 0 Å². The Morgan fingerprint density at radius 3 is 1.56 bits per heavy atom. The lowest BCUT2D eigenvalue weighted by atomic mass is 9.97. The highest BCUT2D eigenvalue weighted by molar-refractivity contribution is 5.91. The van der Waals surface area contributed by atoms with Crippen LogP contribution in [0.15, 0.2) is 103 Å². The number of rotatable bonds is 8. The van der Waals surface area contributed by atoms with E-state index in [4.69, 9.17) is 23.7 Å². The minimum atomic E-state index is -1.36. The summed E-state index contributed by atoms with van der Waals surface area (Å²) in [7, 11) is 0. The minimum absolute atomic E-state index is 0.0659. The molecule has 1 fully saturated rings. The van der Waals surface area contributed by atoms with Gasteiger partial charge in [0, 0.05) is 6.92 Å². The second-order valence-corrected chi connectivity index (χ2v) is 8.59. The van der Waals surface area contributed by atoms with Gasteiger partial charge in [0.15, 0.2) is 24.4 Å². The fourth-order valence-electron chi connectivity index (χ4n) is 3.96. The van der Waals surface area contributed by atoms with Gasteiger partial charge in [0.2, 0.25) is 0 Å². The molecule has 9 nitrogen and oxygen atoms in total. The highest BCUT2D eigenvalue weighted by atomic mass is 16.7. The quantitative estimate of drug-likeness (QED) is 0.313. The summed E-state index contributed by atoms with van der Waals surface area (Å²) in [6, 6.07) is 24.5. The Morgan fingerprint density at radius 1 is 0.667 bits per heavy atom. The smallest absolute Gasteiger partial charge is 0.338 e. The topological polar surface area (TPSA) is 114 Å². The molecule has 0 bridgehead atoms. The van der Waals surface area contributed by atoms with Crippen molar-refractivity contribution in [3.8, 4) is 0 Å². The summed E-state index contributed by atoms with van der Waals surface area (Å²) in [5.41, 5.74) is 0.741. The van der Waals surface area contributed by atoms with Gasteiger partial charge in [-0.1, -0.05) is 61.2 Å². The van der Waals surface area contributed by atoms with E-state index in [9.17, 15) is 19.2 Å². The fourth-order valence-corrected chi connectivity index (χ4v) is 3.96. The van der Waals surface area contributed by atoms with Crippen LogP contribution in [-0.4, -0.2) is 54.9 Å². The SMILES string of the molecule is C=C1O[C@H](COC(=O)c2ccccc2)[C@@H](OC(=O)c2ccccc2)[C@H](OC(=O)c2ccccc2)[C@H]1OC(C)=O. The van der Waals surface area contributed by atoms with E-state index in [-0.39, 0.29) is 23.5 Å². The zero-order chi connectivity index (χ0) is 27.8. The number of hydrogen-bond acceptors (Lipinski definition) is 9. The lowest BCUT2D eigenvalue weighted by molar-refractivity contribution is -0.188. The molecule has 0 aliphatic carbocycles. The molecule has 0 N–H and O–H groups in total. The number of esters is 4. The van der Waals surface area contributed by atoms with Gasteiger partial charge in [-0.15, -0.1) is 0 Å². The van der Waals surface area contributed by atoms with E-state index in [2.05, 4.69) is 6.58 Å². The average molecular weight is 531 g/mol. The van der Waals surface area contributed by atoms with Gasteiger partial charge in [0.25, 0.3) is 0 Å². The van der Waals surface area contributed by atoms with E-state index in [0.717, 1.165) is 0 Å². The molecule has 3 aromatic rings. The normalized spacial score (nSPS) is 20.2. The van der Waals surface area contributed by atoms with Crippen molar-refractivity contribution in [2.75, 3.05) is 6.61 Å². The van der Waals surface area contributed by atoms with E-state index in [1.807, 2.05) is 0 Å². The third kappa shape index (κ3) is 6.89. The molecular weight excluding hydrogens is 504 g/mol. The van der Waals surface area contributed by atoms with E-state index >= 15 is 0 Å². The van der Waals surface area contributed by atoms with Gasteiger partial charge in [-0.2, -0.15) is 0 Å². The second-order valence-electron chi connectivity index (χ2n) is 8.59. The molecule has 0 amide bonds. The molecule has 4 rings (SSSR count). The van der Waals surface area contributed by atoms with Crippen molar-refractivity contribution in [3.05, 3.63) is 120 Å². The lowest BCUT2D eigenvalue weighted by Gasteiger charge is -2.41. The lowest BCUT2D eigenvalue weighted by Crippen LogP contribution is -2.57. The van der Waals surface area contributed by atoms with Crippen LogP contribution in [0.5, 0.6) is 0 Å². The molecule has 0 spiro atoms. The fraction of sp³-hybridized carbons (Fsp3) is 0.200. The van der Waals surface area contributed by atoms with Crippen molar-refractivity contribution in [1.29, 1.82) is 0 Å². The van der Waals surface area contributed by atoms with Crippen LogP contribution in [0.25, 0.3) is 0 Å². The summed E-state index contributed by atoms with van der Waals surface area (Å²) in [6.07, 6.45) is -5.15. The van der Waals surface area contributed by atoms with Gasteiger partial charge in [-0.3, -0.25) is 4.79 Å². The summed E-state index contributed by atoms with van der Waals surface area (Å²) in [6.45, 7) is 4.60. The van der Waals surface area contributed by atoms with Crippen molar-refractivity contribution < 1.29 is 42.9 Å². The van der Waals surface area contributed by atoms with Crippen LogP contribution in [0.1, 0.15) is 38.0 Å². The van der Waals surface area contributed by atoms with Gasteiger partial charge in [-0.25, -0.2) is 14.4 Å². The van der Waals surface area contributed by atoms with E-state index in [1.165, 1.54) is 6.92 Å². The Morgan fingerprint density at radius 2 is 1.10 bits per heavy atom. The van der Waals surface area contributed by atoms with Crippen LogP contribution < -0.4 is 0 Å². The Balaban J connectivity index is 1.65. The van der Waals surface area contributed by atoms with Gasteiger partial charge in [-0.05, 0) is 36.4 Å². The number of carbonyl (C=O) groups excluding carboxylic acids is 4. The molecule has 0 aromatic heterocycles. The summed E-state index contributed by atoms with van der Waals surface area (Å²) < 4.78 is 28.2. The highest BCUT2D eigenvalue weighted by Crippen LogP contribution is 2.31. The standard InChI is InChI=1S/C30H26O9/c1-19-25(37-20(2)31)27(39-30(34)23-16-10-5-11-17-23)26(38-29(33)22-14-8-4-9-15-22)24(36-19)18-35-28(32)21-12-6-3-7-13-21/h3-17,24-27H,1,18H2,2H3/t24-,25+,26-,27-/m1/s1. The zero-order valence-electron chi connectivity index (χ0n) is 21.1. The Kier molecular flexibility index (Phi) is 8.73. The number of carbonyl (C=O) groups is 4. The zero-order valence-corrected chi connectivity index (χ0v) is 21.1. The van der Waals surface area contributed by atoms with Crippen LogP contribution >= 0.6 is 0 Å². The maximum Gasteiger partial charge on any atom is 0.338 e. The maximum absolute atomic E-state index is 13.1. The first-order valence-electron chi connectivity index (χ1n) is 12.1. The third-order valence-corrected chi connectivity index (χ3v) is 5.80. The first-order chi connectivity index (χ1) is 18.8. The largest absolute Gasteiger partial charge is 0.484 e. The predicted octanol–water partition coefficient (Wildman–Crippen LogP) is 4.14. The molecule has 1 aliphatic rings. The molecule has 4 atom stereocenters. The minimum Gasteiger partial charge on any atom is -0.484 e. The van der Waals surface area contributed by atoms with E-state index in [1.54, 1.807) is 91.0 Å². The molecule has 0 radical (unpaired) electrons. The Bertz CT molecular complexity index is 1320. The van der Waals surface area contributed by atoms with Crippen molar-refractivity contribution in [2.24, 2.45) is 0 Å². The summed E-state index contributed by atoms with van der Waals surface area (Å²) in [5.74, 6) is -2.92. The van der Waals surface area contributed by atoms with E-state index in [0.29, 0.717) is 5.56 Å². The number of benzene rings is 3. The first kappa shape index (κ1) is 27.1. The van der Waals surface area contributed by atoms with Crippen LogP contribution in [0.2, 0.25) is 0 Å². The molecule has 3 aromatic carbocycles. The second kappa shape index (κ2) is 12.6. The van der Waals surface area contributed by atoms with Gasteiger partial charge < -0.3 is 23.7 Å². The molecule has 200 valence electrons. The van der Waals surface area contributed by atoms with Crippen molar-refractivity contribution in [1.82, 2.24) is 0 Å². The van der Waals surface area contributed by atoms with Crippen molar-refractivity contribution in [3.63, 3.8) is 0 Å². The van der Waals surface area contributed by atoms with Crippen molar-refractivity contribution in [2.45, 2.75) is 31.3 Å². The highest BCUT2D eigenvalue weighted by Gasteiger charge is 2.50. The molecule has 39 heavy (non-hydrogen) atoms. The number of hydrogen-bond donors (Lipinski definition) is 0. The Hall–Kier alpha value is -4.92. The molecule has 0 unspecified atom stereocenters. The van der Waals surface area contributed by atoms with Gasteiger partial charge >= 0.3 is 23.9 Å². The molecule has 9 heteroatoms. The monoisotopic (exact) mass is 530 g/mol. The average Bonchev–Trinajstić information content (AvgIpc) is 2.96. The first-order valence-corrected chi connectivity index (χ1v) is 12.1. The summed E-state index contributed by atoms with van der Waals surface area (Å²) >= 11 is 0. The predicted molar refractivity (Wildman–Crippen MR) is 138 cm³/mol. The van der Waals surface area contributed by atoms with Gasteiger partial charge in [0.05, 0.1) is 16.7 Å². The molecule has 1 aliphatic heterocycles. The molecular formula is C30H26O9. The van der Waals surface area contributed by atoms with Crippen molar-refractivity contribution >= 4 is 23.9 Å². The van der Waals surface area contributed by atoms with Crippen LogP contribution in [0.4, 0.5) is 0 Å². The molecule has 1 saturated heterocycles. The van der Waals surface area contributed by atoms with Crippen LogP contribution in [-0.2, 0) is 28.5 Å². The summed E-state index contributed by atoms with van der Waals surface area (Å²) in [5, 5.41) is 0. The number of ether oxygens (including phenoxy) is 5. The summed E-state index contributed by atoms with van der Waals surface area (Å²) in [4.78, 5) is 50.7. The van der Waals surface area contributed by atoms with Gasteiger partial charge in [0.1, 0.15) is 12.4 Å².